The molecule has 36 heavy (non-hydrogen) atoms. The van der Waals surface area contributed by atoms with Crippen molar-refractivity contribution < 1.29 is 22.4 Å². The van der Waals surface area contributed by atoms with E-state index in [1.54, 1.807) is 41.9 Å². The standard InChI is InChI=1S/C26H29FN4O4S/c1-17-5-10-20(15-21(17)25(33)30-11-13-36(34,35)14-12-30)29-24(32)22-16-28-31(26(2,3)4)23(22)18-6-8-19(27)9-7-18/h5-10,15-16H,11-14H2,1-4H3,(H,29,32). The summed E-state index contributed by atoms with van der Waals surface area (Å²) in [5, 5.41) is 7.28. The van der Waals surface area contributed by atoms with E-state index in [-0.39, 0.29) is 36.3 Å². The van der Waals surface area contributed by atoms with E-state index in [0.717, 1.165) is 5.56 Å². The fourth-order valence-electron chi connectivity index (χ4n) is 4.12. The van der Waals surface area contributed by atoms with Gasteiger partial charge >= 0.3 is 0 Å². The van der Waals surface area contributed by atoms with Gasteiger partial charge in [-0.1, -0.05) is 6.07 Å². The van der Waals surface area contributed by atoms with Crippen LogP contribution in [0.5, 0.6) is 0 Å². The van der Waals surface area contributed by atoms with E-state index in [4.69, 9.17) is 0 Å². The van der Waals surface area contributed by atoms with Gasteiger partial charge in [-0.3, -0.25) is 14.3 Å². The van der Waals surface area contributed by atoms with Gasteiger partial charge in [0, 0.05) is 29.9 Å². The van der Waals surface area contributed by atoms with Crippen LogP contribution in [0.2, 0.25) is 0 Å². The molecule has 1 aromatic heterocycles. The number of benzene rings is 2. The highest BCUT2D eigenvalue weighted by Gasteiger charge is 2.28. The molecule has 2 heterocycles. The number of carbonyl (C=O) groups excluding carboxylic acids is 2. The Morgan fingerprint density at radius 2 is 1.64 bits per heavy atom. The van der Waals surface area contributed by atoms with Gasteiger partial charge in [0.25, 0.3) is 11.8 Å². The van der Waals surface area contributed by atoms with Crippen LogP contribution in [0.3, 0.4) is 0 Å². The molecule has 1 N–H and O–H groups in total. The zero-order chi connectivity index (χ0) is 26.3. The summed E-state index contributed by atoms with van der Waals surface area (Å²) in [7, 11) is -3.11. The Kier molecular flexibility index (Phi) is 6.74. The lowest BCUT2D eigenvalue weighted by atomic mass is 10.0. The van der Waals surface area contributed by atoms with Crippen LogP contribution in [0.15, 0.2) is 48.7 Å². The molecule has 4 rings (SSSR count). The summed E-state index contributed by atoms with van der Waals surface area (Å²) in [6.07, 6.45) is 1.48. The highest BCUT2D eigenvalue weighted by Crippen LogP contribution is 2.30. The molecule has 0 unspecified atom stereocenters. The summed E-state index contributed by atoms with van der Waals surface area (Å²) in [6.45, 7) is 7.95. The number of aromatic nitrogens is 2. The van der Waals surface area contributed by atoms with Crippen molar-refractivity contribution in [3.63, 3.8) is 0 Å². The maximum absolute atomic E-state index is 13.6. The molecule has 1 aliphatic heterocycles. The number of rotatable bonds is 4. The Labute approximate surface area is 210 Å². The van der Waals surface area contributed by atoms with Gasteiger partial charge in [0.1, 0.15) is 5.82 Å². The Bertz CT molecular complexity index is 1410. The molecule has 1 fully saturated rings. The van der Waals surface area contributed by atoms with Gasteiger partial charge in [0.15, 0.2) is 9.84 Å². The molecule has 3 aromatic rings. The SMILES string of the molecule is Cc1ccc(NC(=O)c2cnn(C(C)(C)C)c2-c2ccc(F)cc2)cc1C(=O)N1CCS(=O)(=O)CC1. The van der Waals surface area contributed by atoms with E-state index >= 15 is 0 Å². The molecule has 0 radical (unpaired) electrons. The predicted molar refractivity (Wildman–Crippen MR) is 136 cm³/mol. The molecular formula is C26H29FN4O4S. The minimum absolute atomic E-state index is 0.0574. The van der Waals surface area contributed by atoms with Gasteiger partial charge in [-0.05, 0) is 69.7 Å². The first-order valence-corrected chi connectivity index (χ1v) is 13.4. The summed E-state index contributed by atoms with van der Waals surface area (Å²) < 4.78 is 38.7. The Morgan fingerprint density at radius 1 is 1.00 bits per heavy atom. The molecule has 2 aromatic carbocycles. The van der Waals surface area contributed by atoms with Crippen molar-refractivity contribution in [2.45, 2.75) is 33.2 Å². The second-order valence-corrected chi connectivity index (χ2v) is 12.2. The van der Waals surface area contributed by atoms with Crippen LogP contribution >= 0.6 is 0 Å². The van der Waals surface area contributed by atoms with Crippen LogP contribution in [0.4, 0.5) is 10.1 Å². The number of amides is 2. The van der Waals surface area contributed by atoms with E-state index < -0.39 is 21.3 Å². The van der Waals surface area contributed by atoms with Crippen molar-refractivity contribution in [1.82, 2.24) is 14.7 Å². The number of hydrogen-bond acceptors (Lipinski definition) is 5. The Morgan fingerprint density at radius 3 is 2.25 bits per heavy atom. The van der Waals surface area contributed by atoms with Gasteiger partial charge in [-0.2, -0.15) is 5.10 Å². The fraction of sp³-hybridized carbons (Fsp3) is 0.346. The molecule has 1 saturated heterocycles. The first-order valence-electron chi connectivity index (χ1n) is 11.6. The molecule has 0 bridgehead atoms. The number of sulfone groups is 1. The average molecular weight is 513 g/mol. The lowest BCUT2D eigenvalue weighted by Gasteiger charge is -2.27. The Balaban J connectivity index is 1.63. The van der Waals surface area contributed by atoms with Crippen LogP contribution in [-0.2, 0) is 15.4 Å². The van der Waals surface area contributed by atoms with E-state index in [1.807, 2.05) is 20.8 Å². The number of halogens is 1. The quantitative estimate of drug-likeness (QED) is 0.572. The second-order valence-electron chi connectivity index (χ2n) is 9.92. The number of hydrogen-bond donors (Lipinski definition) is 1. The zero-order valence-electron chi connectivity index (χ0n) is 20.7. The highest BCUT2D eigenvalue weighted by atomic mass is 32.2. The summed E-state index contributed by atoms with van der Waals surface area (Å²) in [6, 6.07) is 10.9. The topological polar surface area (TPSA) is 101 Å². The van der Waals surface area contributed by atoms with Crippen molar-refractivity contribution in [2.75, 3.05) is 29.9 Å². The molecule has 0 aliphatic carbocycles. The van der Waals surface area contributed by atoms with E-state index in [0.29, 0.717) is 28.1 Å². The van der Waals surface area contributed by atoms with Crippen molar-refractivity contribution in [2.24, 2.45) is 0 Å². The molecule has 8 nitrogen and oxygen atoms in total. The first-order chi connectivity index (χ1) is 16.9. The molecule has 10 heteroatoms. The third-order valence-electron chi connectivity index (χ3n) is 6.12. The van der Waals surface area contributed by atoms with E-state index in [9.17, 15) is 22.4 Å². The van der Waals surface area contributed by atoms with Crippen LogP contribution in [-0.4, -0.2) is 59.5 Å². The molecular weight excluding hydrogens is 483 g/mol. The summed E-state index contributed by atoms with van der Waals surface area (Å²) in [5.74, 6) is -1.19. The zero-order valence-corrected chi connectivity index (χ0v) is 21.5. The highest BCUT2D eigenvalue weighted by molar-refractivity contribution is 7.91. The molecule has 0 saturated carbocycles. The average Bonchev–Trinajstić information content (AvgIpc) is 3.26. The number of anilines is 1. The molecule has 0 atom stereocenters. The first kappa shape index (κ1) is 25.6. The van der Waals surface area contributed by atoms with Crippen LogP contribution in [0.25, 0.3) is 11.3 Å². The van der Waals surface area contributed by atoms with Gasteiger partial charge < -0.3 is 10.2 Å². The normalized spacial score (nSPS) is 15.5. The van der Waals surface area contributed by atoms with Crippen molar-refractivity contribution in [1.29, 1.82) is 0 Å². The van der Waals surface area contributed by atoms with Crippen LogP contribution in [0, 0.1) is 12.7 Å². The van der Waals surface area contributed by atoms with Gasteiger partial charge in [-0.25, -0.2) is 12.8 Å². The number of nitrogens with one attached hydrogen (secondary N) is 1. The summed E-state index contributed by atoms with van der Waals surface area (Å²) >= 11 is 0. The van der Waals surface area contributed by atoms with Crippen molar-refractivity contribution in [3.8, 4) is 11.3 Å². The Hall–Kier alpha value is -3.53. The molecule has 1 aliphatic rings. The predicted octanol–water partition coefficient (Wildman–Crippen LogP) is 3.88. The minimum Gasteiger partial charge on any atom is -0.337 e. The van der Waals surface area contributed by atoms with Gasteiger partial charge in [0.05, 0.1) is 34.5 Å². The molecule has 0 spiro atoms. The van der Waals surface area contributed by atoms with Gasteiger partial charge in [0.2, 0.25) is 0 Å². The monoisotopic (exact) mass is 512 g/mol. The maximum Gasteiger partial charge on any atom is 0.259 e. The lowest BCUT2D eigenvalue weighted by Crippen LogP contribution is -2.43. The summed E-state index contributed by atoms with van der Waals surface area (Å²) in [5.41, 5.74) is 2.62. The lowest BCUT2D eigenvalue weighted by molar-refractivity contribution is 0.0769. The fourth-order valence-corrected chi connectivity index (χ4v) is 5.32. The van der Waals surface area contributed by atoms with E-state index in [2.05, 4.69) is 10.4 Å². The largest absolute Gasteiger partial charge is 0.337 e. The van der Waals surface area contributed by atoms with Crippen molar-refractivity contribution >= 4 is 27.3 Å². The van der Waals surface area contributed by atoms with E-state index in [1.165, 1.54) is 23.2 Å². The summed E-state index contributed by atoms with van der Waals surface area (Å²) in [4.78, 5) is 28.0. The number of aryl methyl sites for hydroxylation is 1. The van der Waals surface area contributed by atoms with Crippen LogP contribution in [0.1, 0.15) is 47.1 Å². The minimum atomic E-state index is -3.11. The third kappa shape index (κ3) is 5.33. The smallest absolute Gasteiger partial charge is 0.259 e. The molecule has 190 valence electrons. The molecule has 2 amide bonds. The number of nitrogens with zero attached hydrogens (tertiary/aromatic N) is 3. The second kappa shape index (κ2) is 9.50. The van der Waals surface area contributed by atoms with Crippen LogP contribution < -0.4 is 5.32 Å². The van der Waals surface area contributed by atoms with Crippen molar-refractivity contribution in [3.05, 3.63) is 71.2 Å². The number of carbonyl (C=O) groups is 2. The third-order valence-corrected chi connectivity index (χ3v) is 7.73. The maximum atomic E-state index is 13.6. The van der Waals surface area contributed by atoms with Gasteiger partial charge in [-0.15, -0.1) is 0 Å².